The van der Waals surface area contributed by atoms with E-state index in [9.17, 15) is 33.9 Å². The molecule has 2 aliphatic heterocycles. The van der Waals surface area contributed by atoms with Gasteiger partial charge in [0.2, 0.25) is 0 Å². The number of carbonyl (C=O) groups is 6. The van der Waals surface area contributed by atoms with Crippen LogP contribution < -0.4 is 18.9 Å². The molecule has 14 heteroatoms. The van der Waals surface area contributed by atoms with Gasteiger partial charge in [-0.05, 0) is 37.8 Å². The number of Topliss-reactive ketones (excluding diaryl/α,β-unsaturated/α-hetero) is 2. The monoisotopic (exact) mass is 672 g/mol. The topological polar surface area (TPSA) is 187 Å². The van der Waals surface area contributed by atoms with Crippen LogP contribution in [-0.4, -0.2) is 88.4 Å². The number of benzene rings is 2. The molecule has 2 aromatic carbocycles. The molecule has 2 amide bonds. The maximum Gasteiger partial charge on any atom is 1.00 e. The van der Waals surface area contributed by atoms with Crippen LogP contribution in [0.15, 0.2) is 86.0 Å². The summed E-state index contributed by atoms with van der Waals surface area (Å²) in [4.78, 5) is 75.2. The Morgan fingerprint density at radius 2 is 1.14 bits per heavy atom. The number of methoxy groups -OCH3 is 1. The van der Waals surface area contributed by atoms with Gasteiger partial charge >= 0.3 is 43.0 Å². The molecule has 0 bridgehead atoms. The predicted octanol–water partition coefficient (Wildman–Crippen LogP) is 1.40. The first-order chi connectivity index (χ1) is 22.3. The summed E-state index contributed by atoms with van der Waals surface area (Å²) < 4.78 is 15.2. The van der Waals surface area contributed by atoms with Crippen LogP contribution in [0.1, 0.15) is 37.8 Å². The summed E-state index contributed by atoms with van der Waals surface area (Å²) in [7, 11) is 1.23. The number of ketones is 2. The van der Waals surface area contributed by atoms with Gasteiger partial charge in [0.1, 0.15) is 25.3 Å². The van der Waals surface area contributed by atoms with Gasteiger partial charge in [-0.3, -0.25) is 19.4 Å². The van der Waals surface area contributed by atoms with E-state index in [0.29, 0.717) is 0 Å². The standard InChI is InChI=1S/C18H21NO5.C17H19NO5.Li.H2O/c1-4-10-18(2)14(20)11-19(15(18)16(21)23-3)17(22)24-12-13-8-6-5-7-9-13;1-3-9-17(2)13(19)10-18(14(17)15(20)21)16(22)23-11-12-7-5-4-6-8-12;;/h4-9,15H,1,10-12H2,2-3H3;3-8,14H,1,9-11H2,2H3,(H,20,21);;1H2/q;;+1;/p-1/t15-,18-;14-,17-;;/m11../s1. The number of nitrogens with zero attached hydrogens (tertiary/aromatic N) is 2. The average molecular weight is 673 g/mol. The van der Waals surface area contributed by atoms with Crippen molar-refractivity contribution in [1.29, 1.82) is 0 Å². The fraction of sp³-hybridized carbons (Fsp3) is 0.371. The van der Waals surface area contributed by atoms with Crippen molar-refractivity contribution < 1.29 is 72.4 Å². The van der Waals surface area contributed by atoms with Gasteiger partial charge in [0.15, 0.2) is 11.6 Å². The van der Waals surface area contributed by atoms with Crippen molar-refractivity contribution in [1.82, 2.24) is 9.80 Å². The summed E-state index contributed by atoms with van der Waals surface area (Å²) >= 11 is 0. The molecule has 2 saturated heterocycles. The van der Waals surface area contributed by atoms with Gasteiger partial charge in [-0.1, -0.05) is 72.8 Å². The second kappa shape index (κ2) is 18.7. The minimum Gasteiger partial charge on any atom is -0.870 e. The summed E-state index contributed by atoms with van der Waals surface area (Å²) in [5.74, 6) is -2.38. The number of amides is 2. The number of carboxylic acids is 1. The van der Waals surface area contributed by atoms with Gasteiger partial charge in [-0.25, -0.2) is 19.2 Å². The molecule has 2 aromatic rings. The van der Waals surface area contributed by atoms with Crippen LogP contribution in [0, 0.1) is 10.8 Å². The Morgan fingerprint density at radius 1 is 0.776 bits per heavy atom. The van der Waals surface area contributed by atoms with Gasteiger partial charge in [0.25, 0.3) is 0 Å². The molecule has 258 valence electrons. The first-order valence-corrected chi connectivity index (χ1v) is 14.9. The van der Waals surface area contributed by atoms with E-state index in [0.717, 1.165) is 20.9 Å². The molecule has 0 saturated carbocycles. The van der Waals surface area contributed by atoms with Crippen molar-refractivity contribution in [2.45, 2.75) is 52.0 Å². The summed E-state index contributed by atoms with van der Waals surface area (Å²) in [5, 5.41) is 9.46. The number of likely N-dealkylation sites (tertiary alicyclic amines) is 2. The molecule has 2 aliphatic rings. The van der Waals surface area contributed by atoms with Crippen LogP contribution >= 0.6 is 0 Å². The average Bonchev–Trinajstić information content (AvgIpc) is 3.48. The van der Waals surface area contributed by atoms with E-state index in [1.165, 1.54) is 13.2 Å². The Labute approximate surface area is 297 Å². The normalized spacial score (nSPS) is 22.3. The third kappa shape index (κ3) is 9.69. The Bertz CT molecular complexity index is 1500. The van der Waals surface area contributed by atoms with Crippen molar-refractivity contribution in [3.05, 3.63) is 97.1 Å². The number of hydrogen-bond acceptors (Lipinski definition) is 10. The zero-order chi connectivity index (χ0) is 34.8. The van der Waals surface area contributed by atoms with E-state index in [-0.39, 0.29) is 75.0 Å². The van der Waals surface area contributed by atoms with Crippen LogP contribution in [0.3, 0.4) is 0 Å². The second-order valence-electron chi connectivity index (χ2n) is 11.7. The van der Waals surface area contributed by atoms with E-state index in [4.69, 9.17) is 14.2 Å². The van der Waals surface area contributed by atoms with Crippen molar-refractivity contribution in [2.75, 3.05) is 20.2 Å². The van der Waals surface area contributed by atoms with Crippen LogP contribution in [0.25, 0.3) is 0 Å². The fourth-order valence-corrected chi connectivity index (χ4v) is 5.75. The van der Waals surface area contributed by atoms with E-state index in [1.807, 2.05) is 48.5 Å². The van der Waals surface area contributed by atoms with Gasteiger partial charge < -0.3 is 24.8 Å². The van der Waals surface area contributed by atoms with Crippen LogP contribution in [-0.2, 0) is 46.6 Å². The molecule has 4 atom stereocenters. The van der Waals surface area contributed by atoms with Crippen LogP contribution in [0.4, 0.5) is 9.59 Å². The second-order valence-corrected chi connectivity index (χ2v) is 11.7. The zero-order valence-corrected chi connectivity index (χ0v) is 28.2. The first kappa shape index (κ1) is 42.3. The maximum absolute atomic E-state index is 12.4. The largest absolute Gasteiger partial charge is 1.00 e. The summed E-state index contributed by atoms with van der Waals surface area (Å²) in [6, 6.07) is 15.9. The molecule has 0 radical (unpaired) electrons. The van der Waals surface area contributed by atoms with Crippen molar-refractivity contribution in [3.8, 4) is 0 Å². The Hall–Kier alpha value is -4.70. The molecule has 0 unspecified atom stereocenters. The number of allylic oxidation sites excluding steroid dienone is 2. The van der Waals surface area contributed by atoms with Gasteiger partial charge in [-0.2, -0.15) is 0 Å². The molecule has 2 fully saturated rings. The maximum atomic E-state index is 12.4. The number of aliphatic carboxylic acids is 1. The van der Waals surface area contributed by atoms with E-state index < -0.39 is 47.0 Å². The molecule has 2 N–H and O–H groups in total. The molecular formula is C35H41LiN2O11. The summed E-state index contributed by atoms with van der Waals surface area (Å²) in [6.45, 7) is 10.0. The summed E-state index contributed by atoms with van der Waals surface area (Å²) in [6.07, 6.45) is 2.00. The van der Waals surface area contributed by atoms with Gasteiger partial charge in [-0.15, -0.1) is 13.2 Å². The van der Waals surface area contributed by atoms with Crippen molar-refractivity contribution >= 4 is 35.7 Å². The minimum atomic E-state index is -1.25. The van der Waals surface area contributed by atoms with Crippen molar-refractivity contribution in [3.63, 3.8) is 0 Å². The smallest absolute Gasteiger partial charge is 0.870 e. The predicted molar refractivity (Wildman–Crippen MR) is 172 cm³/mol. The first-order valence-electron chi connectivity index (χ1n) is 14.9. The molecule has 0 spiro atoms. The number of ether oxygens (including phenoxy) is 3. The Morgan fingerprint density at radius 3 is 1.49 bits per heavy atom. The summed E-state index contributed by atoms with van der Waals surface area (Å²) in [5.41, 5.74) is -0.632. The van der Waals surface area contributed by atoms with E-state index >= 15 is 0 Å². The van der Waals surface area contributed by atoms with E-state index in [2.05, 4.69) is 13.2 Å². The molecule has 49 heavy (non-hydrogen) atoms. The SMILES string of the molecule is C=CC[C@]1(C)C(=O)CN(C(=O)OCc2ccccc2)[C@@H]1C(=O)O.C=CC[C@]1(C)C(=O)CN(C(=O)OCc2ccccc2)[C@@H]1C(=O)OC.[Li+].[OH-]. The number of rotatable bonds is 10. The zero-order valence-electron chi connectivity index (χ0n) is 28.2. The number of carboxylic acid groups (broad SMARTS) is 1. The molecule has 2 heterocycles. The minimum absolute atomic E-state index is 0. The van der Waals surface area contributed by atoms with Crippen LogP contribution in [0.5, 0.6) is 0 Å². The number of carbonyl (C=O) groups excluding carboxylic acids is 5. The third-order valence-corrected chi connectivity index (χ3v) is 8.41. The van der Waals surface area contributed by atoms with Gasteiger partial charge in [0, 0.05) is 0 Å². The quantitative estimate of drug-likeness (QED) is 0.166. The molecule has 4 rings (SSSR count). The number of hydrogen-bond donors (Lipinski definition) is 1. The van der Waals surface area contributed by atoms with E-state index in [1.54, 1.807) is 32.1 Å². The third-order valence-electron chi connectivity index (χ3n) is 8.41. The van der Waals surface area contributed by atoms with Crippen molar-refractivity contribution in [2.24, 2.45) is 10.8 Å². The number of esters is 1. The molecular weight excluding hydrogens is 631 g/mol. The van der Waals surface area contributed by atoms with Gasteiger partial charge in [0.05, 0.1) is 31.0 Å². The Kier molecular flexibility index (Phi) is 16.2. The Balaban J connectivity index is 0.000000471. The molecule has 0 aromatic heterocycles. The fourth-order valence-electron chi connectivity index (χ4n) is 5.75. The molecule has 0 aliphatic carbocycles. The van der Waals surface area contributed by atoms with Crippen LogP contribution in [0.2, 0.25) is 0 Å². The molecule has 13 nitrogen and oxygen atoms in total.